The van der Waals surface area contributed by atoms with E-state index in [0.717, 1.165) is 45.6 Å². The quantitative estimate of drug-likeness (QED) is 0.237. The second-order valence-corrected chi connectivity index (χ2v) is 9.65. The number of fused-ring (bicyclic) bond motifs is 1. The van der Waals surface area contributed by atoms with Crippen LogP contribution in [0, 0.1) is 6.92 Å². The van der Waals surface area contributed by atoms with Gasteiger partial charge in [0.1, 0.15) is 35.8 Å². The van der Waals surface area contributed by atoms with Crippen molar-refractivity contribution in [3.8, 4) is 17.2 Å². The molecule has 0 bridgehead atoms. The highest BCUT2D eigenvalue weighted by atomic mass is 16.5. The Hall–Kier alpha value is -5.11. The number of amides is 2. The van der Waals surface area contributed by atoms with E-state index in [-0.39, 0.29) is 6.03 Å². The lowest BCUT2D eigenvalue weighted by atomic mass is 10.0. The van der Waals surface area contributed by atoms with E-state index in [2.05, 4.69) is 26.3 Å². The molecule has 0 fully saturated rings. The number of anilines is 1. The number of ether oxygens (including phenoxy) is 2. The van der Waals surface area contributed by atoms with Crippen molar-refractivity contribution >= 4 is 28.3 Å². The molecule has 1 aliphatic rings. The second kappa shape index (κ2) is 11.3. The molecule has 0 unspecified atom stereocenters. The maximum absolute atomic E-state index is 13.0. The molecule has 200 valence electrons. The minimum absolute atomic E-state index is 0.158. The number of hydrogen-bond donors (Lipinski definition) is 2. The van der Waals surface area contributed by atoms with E-state index in [1.807, 2.05) is 92.0 Å². The van der Waals surface area contributed by atoms with E-state index in [4.69, 9.17) is 9.47 Å². The molecule has 3 heterocycles. The fourth-order valence-corrected chi connectivity index (χ4v) is 4.77. The van der Waals surface area contributed by atoms with Crippen molar-refractivity contribution in [1.82, 2.24) is 19.9 Å². The van der Waals surface area contributed by atoms with Gasteiger partial charge in [-0.2, -0.15) is 0 Å². The van der Waals surface area contributed by atoms with Gasteiger partial charge in [-0.1, -0.05) is 48.5 Å². The molecule has 8 heteroatoms. The van der Waals surface area contributed by atoms with Gasteiger partial charge in [0, 0.05) is 42.5 Å². The average molecular weight is 532 g/mol. The minimum atomic E-state index is -0.158. The largest absolute Gasteiger partial charge is 0.489 e. The van der Waals surface area contributed by atoms with Gasteiger partial charge in [0.25, 0.3) is 0 Å². The van der Waals surface area contributed by atoms with Crippen molar-refractivity contribution in [2.24, 2.45) is 0 Å². The van der Waals surface area contributed by atoms with Gasteiger partial charge in [0.15, 0.2) is 0 Å². The monoisotopic (exact) mass is 531 g/mol. The number of aromatic amines is 1. The number of H-pyrrole nitrogens is 1. The Morgan fingerprint density at radius 2 is 1.77 bits per heavy atom. The Kier molecular flexibility index (Phi) is 7.13. The second-order valence-electron chi connectivity index (χ2n) is 9.65. The van der Waals surface area contributed by atoms with Gasteiger partial charge in [0.2, 0.25) is 0 Å². The lowest BCUT2D eigenvalue weighted by Crippen LogP contribution is -2.37. The molecule has 0 atom stereocenters. The number of hydrogen-bond acceptors (Lipinski definition) is 5. The van der Waals surface area contributed by atoms with Crippen molar-refractivity contribution in [2.75, 3.05) is 18.4 Å². The van der Waals surface area contributed by atoms with Crippen molar-refractivity contribution in [1.29, 1.82) is 0 Å². The lowest BCUT2D eigenvalue weighted by Gasteiger charge is -2.26. The number of aryl methyl sites for hydroxylation is 1. The molecule has 3 aromatic carbocycles. The molecule has 2 N–H and O–H groups in total. The molecular formula is C32H29N5O3. The summed E-state index contributed by atoms with van der Waals surface area (Å²) in [5, 5.41) is 4.04. The maximum atomic E-state index is 13.0. The molecular weight excluding hydrogens is 502 g/mol. The van der Waals surface area contributed by atoms with Crippen LogP contribution in [0.25, 0.3) is 16.6 Å². The molecule has 1 aliphatic heterocycles. The van der Waals surface area contributed by atoms with E-state index in [1.165, 1.54) is 0 Å². The number of nitrogens with one attached hydrogen (secondary N) is 2. The molecule has 40 heavy (non-hydrogen) atoms. The molecule has 6 rings (SSSR count). The standard InChI is InChI=1S/C32H29N5O3/c1-22-19-33-31-29(22)30(34-21-35-31)24-13-15-37(16-14-24)32(38)36-25-9-5-11-27(17-25)40-28-12-6-10-26(18-28)39-20-23-7-3-2-4-8-23/h2-13,17-19,21H,14-16,20H2,1H3,(H,36,38)(H,33,34,35). The Labute approximate surface area is 232 Å². The smallest absolute Gasteiger partial charge is 0.322 e. The number of aromatic nitrogens is 3. The fourth-order valence-electron chi connectivity index (χ4n) is 4.77. The summed E-state index contributed by atoms with van der Waals surface area (Å²) in [5.41, 5.74) is 5.76. The van der Waals surface area contributed by atoms with Crippen LogP contribution in [0.15, 0.2) is 97.5 Å². The van der Waals surface area contributed by atoms with E-state index in [0.29, 0.717) is 36.9 Å². The summed E-state index contributed by atoms with van der Waals surface area (Å²) in [4.78, 5) is 26.9. The van der Waals surface area contributed by atoms with E-state index < -0.39 is 0 Å². The third kappa shape index (κ3) is 5.66. The normalized spacial score (nSPS) is 13.1. The highest BCUT2D eigenvalue weighted by molar-refractivity contribution is 5.93. The lowest BCUT2D eigenvalue weighted by molar-refractivity contribution is 0.217. The van der Waals surface area contributed by atoms with Crippen LogP contribution in [0.4, 0.5) is 10.5 Å². The third-order valence-electron chi connectivity index (χ3n) is 6.84. The van der Waals surface area contributed by atoms with Gasteiger partial charge in [-0.3, -0.25) is 0 Å². The summed E-state index contributed by atoms with van der Waals surface area (Å²) in [5.74, 6) is 1.99. The number of benzene rings is 3. The van der Waals surface area contributed by atoms with Crippen molar-refractivity contribution in [2.45, 2.75) is 20.0 Å². The number of nitrogens with zero attached hydrogens (tertiary/aromatic N) is 3. The molecule has 0 spiro atoms. The van der Waals surface area contributed by atoms with Gasteiger partial charge in [-0.05, 0) is 54.3 Å². The maximum Gasteiger partial charge on any atom is 0.322 e. The van der Waals surface area contributed by atoms with Crippen LogP contribution in [0.5, 0.6) is 17.2 Å². The molecule has 2 aromatic heterocycles. The van der Waals surface area contributed by atoms with Crippen LogP contribution in [0.1, 0.15) is 23.2 Å². The molecule has 0 aliphatic carbocycles. The molecule has 5 aromatic rings. The molecule has 0 saturated carbocycles. The predicted octanol–water partition coefficient (Wildman–Crippen LogP) is 6.96. The highest BCUT2D eigenvalue weighted by Gasteiger charge is 2.21. The SMILES string of the molecule is Cc1c[nH]c2ncnc(C3=CCN(C(=O)Nc4cccc(Oc5cccc(OCc6ccccc6)c5)c4)CC3)c12. The summed E-state index contributed by atoms with van der Waals surface area (Å²) in [6, 6.07) is 24.8. The minimum Gasteiger partial charge on any atom is -0.489 e. The summed E-state index contributed by atoms with van der Waals surface area (Å²) in [7, 11) is 0. The van der Waals surface area contributed by atoms with Crippen LogP contribution < -0.4 is 14.8 Å². The zero-order chi connectivity index (χ0) is 27.3. The third-order valence-corrected chi connectivity index (χ3v) is 6.84. The summed E-state index contributed by atoms with van der Waals surface area (Å²) in [6.07, 6.45) is 6.32. The first-order valence-electron chi connectivity index (χ1n) is 13.2. The van der Waals surface area contributed by atoms with Gasteiger partial charge < -0.3 is 24.7 Å². The molecule has 8 nitrogen and oxygen atoms in total. The topological polar surface area (TPSA) is 92.4 Å². The first kappa shape index (κ1) is 25.2. The van der Waals surface area contributed by atoms with E-state index in [1.54, 1.807) is 11.2 Å². The van der Waals surface area contributed by atoms with Crippen LogP contribution in [-0.2, 0) is 6.61 Å². The van der Waals surface area contributed by atoms with Gasteiger partial charge in [-0.15, -0.1) is 0 Å². The van der Waals surface area contributed by atoms with Crippen LogP contribution in [0.3, 0.4) is 0 Å². The first-order valence-corrected chi connectivity index (χ1v) is 13.2. The summed E-state index contributed by atoms with van der Waals surface area (Å²) < 4.78 is 12.0. The molecule has 2 amide bonds. The molecule has 0 saturated heterocycles. The van der Waals surface area contributed by atoms with Crippen molar-refractivity contribution < 1.29 is 14.3 Å². The Morgan fingerprint density at radius 1 is 0.975 bits per heavy atom. The Bertz CT molecular complexity index is 1680. The van der Waals surface area contributed by atoms with Crippen LogP contribution in [0.2, 0.25) is 0 Å². The van der Waals surface area contributed by atoms with Crippen LogP contribution >= 0.6 is 0 Å². The zero-order valence-electron chi connectivity index (χ0n) is 22.1. The van der Waals surface area contributed by atoms with E-state index in [9.17, 15) is 4.79 Å². The average Bonchev–Trinajstić information content (AvgIpc) is 3.38. The Morgan fingerprint density at radius 3 is 2.60 bits per heavy atom. The Balaban J connectivity index is 1.07. The van der Waals surface area contributed by atoms with Gasteiger partial charge in [-0.25, -0.2) is 14.8 Å². The highest BCUT2D eigenvalue weighted by Crippen LogP contribution is 2.30. The first-order chi connectivity index (χ1) is 19.6. The number of carbonyl (C=O) groups is 1. The number of rotatable bonds is 7. The number of urea groups is 1. The van der Waals surface area contributed by atoms with Crippen LogP contribution in [-0.4, -0.2) is 39.0 Å². The number of carbonyl (C=O) groups excluding carboxylic acids is 1. The van der Waals surface area contributed by atoms with Crippen molar-refractivity contribution in [3.63, 3.8) is 0 Å². The molecule has 0 radical (unpaired) electrons. The van der Waals surface area contributed by atoms with Gasteiger partial charge in [0.05, 0.1) is 5.69 Å². The van der Waals surface area contributed by atoms with Crippen molar-refractivity contribution in [3.05, 3.63) is 114 Å². The summed E-state index contributed by atoms with van der Waals surface area (Å²) in [6.45, 7) is 3.62. The van der Waals surface area contributed by atoms with E-state index >= 15 is 0 Å². The summed E-state index contributed by atoms with van der Waals surface area (Å²) >= 11 is 0. The van der Waals surface area contributed by atoms with Gasteiger partial charge >= 0.3 is 6.03 Å². The fraction of sp³-hybridized carbons (Fsp3) is 0.156. The predicted molar refractivity (Wildman–Crippen MR) is 156 cm³/mol. The zero-order valence-corrected chi connectivity index (χ0v) is 22.1.